The quantitative estimate of drug-likeness (QED) is 0.550. The van der Waals surface area contributed by atoms with Crippen LogP contribution in [0.4, 0.5) is 11.6 Å². The van der Waals surface area contributed by atoms with E-state index >= 15 is 0 Å². The van der Waals surface area contributed by atoms with E-state index in [-0.39, 0.29) is 0 Å². The standard InChI is InChI=1S/C10H16N4O/c11-13-9-3-1-4-10(12-9)14-5-2-7-15-8-6-14/h1,3-4H,2,5-8,11H2,(H,12,13). The molecule has 1 aromatic heterocycles. The number of hydrazine groups is 1. The number of ether oxygens (including phenoxy) is 1. The molecule has 2 rings (SSSR count). The Labute approximate surface area is 89.2 Å². The highest BCUT2D eigenvalue weighted by Crippen LogP contribution is 2.15. The SMILES string of the molecule is NNc1cccc(N2CCCOCC2)n1. The Kier molecular flexibility index (Phi) is 3.37. The van der Waals surface area contributed by atoms with Crippen molar-refractivity contribution in [2.24, 2.45) is 5.84 Å². The van der Waals surface area contributed by atoms with Crippen LogP contribution in [-0.2, 0) is 4.74 Å². The average Bonchev–Trinajstić information content (AvgIpc) is 2.58. The molecular weight excluding hydrogens is 192 g/mol. The summed E-state index contributed by atoms with van der Waals surface area (Å²) in [6.45, 7) is 3.48. The molecule has 0 saturated carbocycles. The highest BCUT2D eigenvalue weighted by molar-refractivity contribution is 5.46. The Hall–Kier alpha value is -1.33. The van der Waals surface area contributed by atoms with Crippen molar-refractivity contribution >= 4 is 11.6 Å². The van der Waals surface area contributed by atoms with Crippen LogP contribution in [0.3, 0.4) is 0 Å². The third kappa shape index (κ3) is 2.57. The number of rotatable bonds is 2. The van der Waals surface area contributed by atoms with Gasteiger partial charge < -0.3 is 15.1 Å². The van der Waals surface area contributed by atoms with Crippen LogP contribution in [0.15, 0.2) is 18.2 Å². The van der Waals surface area contributed by atoms with Gasteiger partial charge in [-0.05, 0) is 18.6 Å². The van der Waals surface area contributed by atoms with Gasteiger partial charge in [-0.1, -0.05) is 6.07 Å². The lowest BCUT2D eigenvalue weighted by atomic mass is 10.3. The maximum Gasteiger partial charge on any atom is 0.142 e. The number of aromatic nitrogens is 1. The molecule has 0 bridgehead atoms. The third-order valence-corrected chi connectivity index (χ3v) is 2.43. The number of hydrogen-bond acceptors (Lipinski definition) is 5. The average molecular weight is 208 g/mol. The van der Waals surface area contributed by atoms with E-state index in [2.05, 4.69) is 15.3 Å². The Morgan fingerprint density at radius 3 is 3.13 bits per heavy atom. The molecule has 0 atom stereocenters. The molecule has 5 nitrogen and oxygen atoms in total. The predicted octanol–water partition coefficient (Wildman–Crippen LogP) is 0.594. The normalized spacial score (nSPS) is 17.3. The van der Waals surface area contributed by atoms with Gasteiger partial charge in [-0.15, -0.1) is 0 Å². The van der Waals surface area contributed by atoms with Gasteiger partial charge in [0, 0.05) is 19.7 Å². The summed E-state index contributed by atoms with van der Waals surface area (Å²) in [7, 11) is 0. The first-order chi connectivity index (χ1) is 7.40. The molecule has 1 aromatic rings. The van der Waals surface area contributed by atoms with E-state index in [1.807, 2.05) is 18.2 Å². The van der Waals surface area contributed by atoms with Crippen LogP contribution < -0.4 is 16.2 Å². The third-order valence-electron chi connectivity index (χ3n) is 2.43. The molecule has 82 valence electrons. The molecule has 1 fully saturated rings. The van der Waals surface area contributed by atoms with Gasteiger partial charge >= 0.3 is 0 Å². The molecule has 0 aromatic carbocycles. The fraction of sp³-hybridized carbons (Fsp3) is 0.500. The minimum atomic E-state index is 0.692. The number of anilines is 2. The van der Waals surface area contributed by atoms with Crippen molar-refractivity contribution in [3.05, 3.63) is 18.2 Å². The monoisotopic (exact) mass is 208 g/mol. The molecular formula is C10H16N4O. The molecule has 1 saturated heterocycles. The van der Waals surface area contributed by atoms with E-state index in [9.17, 15) is 0 Å². The molecule has 0 aliphatic carbocycles. The van der Waals surface area contributed by atoms with E-state index in [1.165, 1.54) is 0 Å². The summed E-state index contributed by atoms with van der Waals surface area (Å²) in [5, 5.41) is 0. The summed E-state index contributed by atoms with van der Waals surface area (Å²) >= 11 is 0. The van der Waals surface area contributed by atoms with E-state index in [4.69, 9.17) is 10.6 Å². The van der Waals surface area contributed by atoms with Crippen LogP contribution in [0.25, 0.3) is 0 Å². The zero-order valence-corrected chi connectivity index (χ0v) is 8.65. The van der Waals surface area contributed by atoms with Crippen molar-refractivity contribution in [3.8, 4) is 0 Å². The maximum absolute atomic E-state index is 5.39. The van der Waals surface area contributed by atoms with Crippen molar-refractivity contribution in [2.75, 3.05) is 36.6 Å². The molecule has 0 unspecified atom stereocenters. The number of pyridine rings is 1. The molecule has 3 N–H and O–H groups in total. The Balaban J connectivity index is 2.12. The smallest absolute Gasteiger partial charge is 0.142 e. The summed E-state index contributed by atoms with van der Waals surface area (Å²) in [6, 6.07) is 5.78. The van der Waals surface area contributed by atoms with Gasteiger partial charge in [0.2, 0.25) is 0 Å². The molecule has 0 amide bonds. The van der Waals surface area contributed by atoms with Crippen molar-refractivity contribution in [1.29, 1.82) is 0 Å². The fourth-order valence-corrected chi connectivity index (χ4v) is 1.65. The van der Waals surface area contributed by atoms with Gasteiger partial charge in [-0.25, -0.2) is 10.8 Å². The summed E-state index contributed by atoms with van der Waals surface area (Å²) in [5.41, 5.74) is 2.55. The molecule has 0 spiro atoms. The molecule has 5 heteroatoms. The summed E-state index contributed by atoms with van der Waals surface area (Å²) < 4.78 is 5.39. The largest absolute Gasteiger partial charge is 0.380 e. The molecule has 1 aliphatic heterocycles. The first-order valence-electron chi connectivity index (χ1n) is 5.16. The van der Waals surface area contributed by atoms with E-state index in [0.717, 1.165) is 38.5 Å². The van der Waals surface area contributed by atoms with Gasteiger partial charge in [0.15, 0.2) is 0 Å². The first-order valence-corrected chi connectivity index (χ1v) is 5.16. The number of nitrogens with two attached hydrogens (primary N) is 1. The fourth-order valence-electron chi connectivity index (χ4n) is 1.65. The van der Waals surface area contributed by atoms with Crippen LogP contribution >= 0.6 is 0 Å². The van der Waals surface area contributed by atoms with Crippen LogP contribution in [0.5, 0.6) is 0 Å². The number of nitrogen functional groups attached to an aromatic ring is 1. The predicted molar refractivity (Wildman–Crippen MR) is 59.7 cm³/mol. The maximum atomic E-state index is 5.39. The Morgan fingerprint density at radius 2 is 2.27 bits per heavy atom. The number of nitrogens with zero attached hydrogens (tertiary/aromatic N) is 2. The van der Waals surface area contributed by atoms with Crippen LogP contribution in [-0.4, -0.2) is 31.3 Å². The minimum absolute atomic E-state index is 0.692. The minimum Gasteiger partial charge on any atom is -0.380 e. The van der Waals surface area contributed by atoms with E-state index < -0.39 is 0 Å². The lowest BCUT2D eigenvalue weighted by Gasteiger charge is -2.20. The highest BCUT2D eigenvalue weighted by atomic mass is 16.5. The lowest BCUT2D eigenvalue weighted by Crippen LogP contribution is -2.27. The molecule has 1 aliphatic rings. The van der Waals surface area contributed by atoms with Gasteiger partial charge in [0.25, 0.3) is 0 Å². The van der Waals surface area contributed by atoms with E-state index in [1.54, 1.807) is 0 Å². The first kappa shape index (κ1) is 10.2. The Morgan fingerprint density at radius 1 is 1.33 bits per heavy atom. The van der Waals surface area contributed by atoms with Crippen molar-refractivity contribution in [1.82, 2.24) is 4.98 Å². The zero-order chi connectivity index (χ0) is 10.5. The second-order valence-electron chi connectivity index (χ2n) is 3.48. The zero-order valence-electron chi connectivity index (χ0n) is 8.65. The topological polar surface area (TPSA) is 63.4 Å². The summed E-state index contributed by atoms with van der Waals surface area (Å²) in [6.07, 6.45) is 1.04. The lowest BCUT2D eigenvalue weighted by molar-refractivity contribution is 0.152. The van der Waals surface area contributed by atoms with Gasteiger partial charge in [-0.3, -0.25) is 0 Å². The molecule has 0 radical (unpaired) electrons. The second kappa shape index (κ2) is 4.95. The van der Waals surface area contributed by atoms with Crippen molar-refractivity contribution in [2.45, 2.75) is 6.42 Å². The van der Waals surface area contributed by atoms with Crippen molar-refractivity contribution < 1.29 is 4.74 Å². The summed E-state index contributed by atoms with van der Waals surface area (Å²) in [4.78, 5) is 6.61. The second-order valence-corrected chi connectivity index (χ2v) is 3.48. The van der Waals surface area contributed by atoms with Gasteiger partial charge in [0.1, 0.15) is 11.6 Å². The summed E-state index contributed by atoms with van der Waals surface area (Å²) in [5.74, 6) is 6.97. The van der Waals surface area contributed by atoms with E-state index in [0.29, 0.717) is 5.82 Å². The van der Waals surface area contributed by atoms with Crippen molar-refractivity contribution in [3.63, 3.8) is 0 Å². The van der Waals surface area contributed by atoms with Crippen LogP contribution in [0, 0.1) is 0 Å². The Bertz CT molecular complexity index is 310. The van der Waals surface area contributed by atoms with Gasteiger partial charge in [-0.2, -0.15) is 0 Å². The highest BCUT2D eigenvalue weighted by Gasteiger charge is 2.10. The van der Waals surface area contributed by atoms with Crippen LogP contribution in [0.2, 0.25) is 0 Å². The number of nitrogens with one attached hydrogen (secondary N) is 1. The molecule has 2 heterocycles. The van der Waals surface area contributed by atoms with Crippen LogP contribution in [0.1, 0.15) is 6.42 Å². The van der Waals surface area contributed by atoms with Gasteiger partial charge in [0.05, 0.1) is 6.61 Å². The number of hydrogen-bond donors (Lipinski definition) is 2. The molecule has 15 heavy (non-hydrogen) atoms.